The van der Waals surface area contributed by atoms with Gasteiger partial charge in [0.1, 0.15) is 17.9 Å². The van der Waals surface area contributed by atoms with Crippen molar-refractivity contribution >= 4 is 12.1 Å². The van der Waals surface area contributed by atoms with Crippen LogP contribution in [0.2, 0.25) is 0 Å². The van der Waals surface area contributed by atoms with Crippen molar-refractivity contribution in [2.75, 3.05) is 39.9 Å². The van der Waals surface area contributed by atoms with Gasteiger partial charge in [0.2, 0.25) is 0 Å². The molecule has 0 saturated carbocycles. The van der Waals surface area contributed by atoms with Crippen LogP contribution < -0.4 is 10.3 Å². The summed E-state index contributed by atoms with van der Waals surface area (Å²) in [5.41, 5.74) is 1.41. The zero-order valence-electron chi connectivity index (χ0n) is 20.3. The summed E-state index contributed by atoms with van der Waals surface area (Å²) in [6, 6.07) is 7.15. The Balaban J connectivity index is 1.51. The predicted octanol–water partition coefficient (Wildman–Crippen LogP) is 2.09. The molecule has 1 amide bonds. The average molecular weight is 485 g/mol. The molecular weight excluding hydrogens is 452 g/mol. The Labute approximate surface area is 204 Å². The number of nitrogens with zero attached hydrogens (tertiary/aromatic N) is 4. The smallest absolute Gasteiger partial charge is 0.409 e. The average Bonchev–Trinajstić information content (AvgIpc) is 3.11. The van der Waals surface area contributed by atoms with Crippen LogP contribution >= 0.6 is 0 Å². The molecule has 4 heterocycles. The zero-order valence-corrected chi connectivity index (χ0v) is 20.3. The normalized spacial score (nSPS) is 16.8. The van der Waals surface area contributed by atoms with E-state index in [2.05, 4.69) is 9.88 Å². The third-order valence-electron chi connectivity index (χ3n) is 6.63. The summed E-state index contributed by atoms with van der Waals surface area (Å²) in [4.78, 5) is 46.2. The van der Waals surface area contributed by atoms with E-state index in [1.54, 1.807) is 22.6 Å². The number of aromatic nitrogens is 2. The molecule has 2 aromatic heterocycles. The SMILES string of the molecule is CCOC(=O)N1CCC(N2CCc3c(C(=O)OC)c(OCc4ccccn4)cc(=O)n3CC2)CC1. The number of hydrogen-bond donors (Lipinski definition) is 0. The Bertz CT molecular complexity index is 1100. The van der Waals surface area contributed by atoms with Crippen LogP contribution in [0.3, 0.4) is 0 Å². The fourth-order valence-corrected chi connectivity index (χ4v) is 4.83. The number of piperidine rings is 1. The quantitative estimate of drug-likeness (QED) is 0.575. The van der Waals surface area contributed by atoms with Crippen molar-refractivity contribution < 1.29 is 23.8 Å². The summed E-state index contributed by atoms with van der Waals surface area (Å²) in [6.45, 7) is 5.45. The van der Waals surface area contributed by atoms with Crippen molar-refractivity contribution in [1.29, 1.82) is 0 Å². The van der Waals surface area contributed by atoms with Crippen LogP contribution in [0.1, 0.15) is 41.5 Å². The molecule has 0 N–H and O–H groups in total. The van der Waals surface area contributed by atoms with E-state index in [0.717, 1.165) is 12.8 Å². The van der Waals surface area contributed by atoms with Gasteiger partial charge in [-0.15, -0.1) is 0 Å². The second-order valence-electron chi connectivity index (χ2n) is 8.62. The Morgan fingerprint density at radius 2 is 1.91 bits per heavy atom. The van der Waals surface area contributed by atoms with Gasteiger partial charge < -0.3 is 23.7 Å². The van der Waals surface area contributed by atoms with Gasteiger partial charge in [0.05, 0.1) is 19.4 Å². The highest BCUT2D eigenvalue weighted by Crippen LogP contribution is 2.26. The molecule has 10 nitrogen and oxygen atoms in total. The molecule has 0 aliphatic carbocycles. The molecule has 4 rings (SSSR count). The van der Waals surface area contributed by atoms with Gasteiger partial charge in [-0.05, 0) is 31.9 Å². The van der Waals surface area contributed by atoms with Crippen LogP contribution in [0.15, 0.2) is 35.3 Å². The monoisotopic (exact) mass is 484 g/mol. The fourth-order valence-electron chi connectivity index (χ4n) is 4.83. The lowest BCUT2D eigenvalue weighted by Crippen LogP contribution is -2.47. The van der Waals surface area contributed by atoms with Crippen LogP contribution in [0.4, 0.5) is 4.79 Å². The van der Waals surface area contributed by atoms with Crippen molar-refractivity contribution in [3.8, 4) is 5.75 Å². The number of likely N-dealkylation sites (tertiary alicyclic amines) is 1. The molecule has 0 atom stereocenters. The highest BCUT2D eigenvalue weighted by molar-refractivity contribution is 5.93. The van der Waals surface area contributed by atoms with Crippen molar-refractivity contribution in [2.45, 2.75) is 45.4 Å². The zero-order chi connectivity index (χ0) is 24.8. The number of carbonyl (C=O) groups excluding carboxylic acids is 2. The molecule has 188 valence electrons. The van der Waals surface area contributed by atoms with Crippen LogP contribution in [0, 0.1) is 0 Å². The third-order valence-corrected chi connectivity index (χ3v) is 6.63. The van der Waals surface area contributed by atoms with Gasteiger partial charge in [0, 0.05) is 63.1 Å². The molecule has 0 bridgehead atoms. The van der Waals surface area contributed by atoms with Gasteiger partial charge in [-0.25, -0.2) is 9.59 Å². The molecular formula is C25H32N4O6. The van der Waals surface area contributed by atoms with Crippen molar-refractivity contribution in [2.24, 2.45) is 0 Å². The molecule has 2 aliphatic rings. The van der Waals surface area contributed by atoms with Crippen molar-refractivity contribution in [1.82, 2.24) is 19.4 Å². The minimum Gasteiger partial charge on any atom is -0.486 e. The lowest BCUT2D eigenvalue weighted by molar-refractivity contribution is 0.0592. The lowest BCUT2D eigenvalue weighted by atomic mass is 10.0. The van der Waals surface area contributed by atoms with Gasteiger partial charge in [0.15, 0.2) is 0 Å². The van der Waals surface area contributed by atoms with E-state index in [-0.39, 0.29) is 24.0 Å². The number of rotatable bonds is 6. The van der Waals surface area contributed by atoms with Crippen LogP contribution in [0.5, 0.6) is 5.75 Å². The topological polar surface area (TPSA) is 103 Å². The van der Waals surface area contributed by atoms with Crippen LogP contribution in [0.25, 0.3) is 0 Å². The minimum atomic E-state index is -0.527. The number of esters is 1. The van der Waals surface area contributed by atoms with Gasteiger partial charge >= 0.3 is 12.1 Å². The van der Waals surface area contributed by atoms with E-state index in [0.29, 0.717) is 68.7 Å². The largest absolute Gasteiger partial charge is 0.486 e. The van der Waals surface area contributed by atoms with E-state index in [4.69, 9.17) is 14.2 Å². The summed E-state index contributed by atoms with van der Waals surface area (Å²) in [5, 5.41) is 0. The van der Waals surface area contributed by atoms with Gasteiger partial charge in [-0.1, -0.05) is 6.07 Å². The van der Waals surface area contributed by atoms with Crippen LogP contribution in [-0.4, -0.2) is 77.4 Å². The molecule has 0 radical (unpaired) electrons. The Morgan fingerprint density at radius 3 is 2.60 bits per heavy atom. The first-order valence-corrected chi connectivity index (χ1v) is 12.0. The lowest BCUT2D eigenvalue weighted by Gasteiger charge is -2.37. The second-order valence-corrected chi connectivity index (χ2v) is 8.62. The summed E-state index contributed by atoms with van der Waals surface area (Å²) in [6.07, 6.45) is 3.59. The van der Waals surface area contributed by atoms with E-state index >= 15 is 0 Å². The van der Waals surface area contributed by atoms with Crippen LogP contribution in [-0.2, 0) is 29.0 Å². The van der Waals surface area contributed by atoms with Gasteiger partial charge in [0.25, 0.3) is 5.56 Å². The van der Waals surface area contributed by atoms with Gasteiger partial charge in [-0.3, -0.25) is 14.7 Å². The molecule has 35 heavy (non-hydrogen) atoms. The first-order chi connectivity index (χ1) is 17.0. The standard InChI is InChI=1S/C25H32N4O6/c1-3-34-25(32)28-11-7-19(8-12-28)27-13-9-20-23(24(31)33-2)21(16-22(30)29(20)15-14-27)35-17-18-6-4-5-10-26-18/h4-6,10,16,19H,3,7-9,11-15,17H2,1-2H3. The predicted molar refractivity (Wildman–Crippen MR) is 128 cm³/mol. The minimum absolute atomic E-state index is 0.138. The number of amides is 1. The maximum atomic E-state index is 13.0. The first-order valence-electron chi connectivity index (χ1n) is 12.0. The van der Waals surface area contributed by atoms with E-state index in [1.165, 1.54) is 13.2 Å². The van der Waals surface area contributed by atoms with Gasteiger partial charge in [-0.2, -0.15) is 0 Å². The highest BCUT2D eigenvalue weighted by Gasteiger charge is 2.31. The molecule has 10 heteroatoms. The van der Waals surface area contributed by atoms with Crippen molar-refractivity contribution in [3.63, 3.8) is 0 Å². The number of methoxy groups -OCH3 is 1. The molecule has 2 aliphatic heterocycles. The third kappa shape index (κ3) is 5.64. The van der Waals surface area contributed by atoms with E-state index < -0.39 is 5.97 Å². The fraction of sp³-hybridized carbons (Fsp3) is 0.520. The molecule has 2 aromatic rings. The number of hydrogen-bond acceptors (Lipinski definition) is 8. The summed E-state index contributed by atoms with van der Waals surface area (Å²) < 4.78 is 17.7. The summed E-state index contributed by atoms with van der Waals surface area (Å²) in [5.74, 6) is -0.309. The Kier molecular flexibility index (Phi) is 8.02. The summed E-state index contributed by atoms with van der Waals surface area (Å²) >= 11 is 0. The Hall–Kier alpha value is -3.40. The molecule has 0 unspecified atom stereocenters. The van der Waals surface area contributed by atoms with E-state index in [1.807, 2.05) is 18.2 Å². The number of fused-ring (bicyclic) bond motifs is 1. The summed E-state index contributed by atoms with van der Waals surface area (Å²) in [7, 11) is 1.33. The maximum absolute atomic E-state index is 13.0. The second kappa shape index (κ2) is 11.4. The maximum Gasteiger partial charge on any atom is 0.409 e. The molecule has 0 spiro atoms. The number of ether oxygens (including phenoxy) is 3. The number of carbonyl (C=O) groups is 2. The number of pyridine rings is 2. The molecule has 1 saturated heterocycles. The highest BCUT2D eigenvalue weighted by atomic mass is 16.6. The first kappa shape index (κ1) is 24.7. The Morgan fingerprint density at radius 1 is 1.11 bits per heavy atom. The van der Waals surface area contributed by atoms with E-state index in [9.17, 15) is 14.4 Å². The molecule has 1 fully saturated rings. The van der Waals surface area contributed by atoms with Crippen molar-refractivity contribution in [3.05, 3.63) is 57.8 Å². The molecule has 0 aromatic carbocycles.